The second kappa shape index (κ2) is 11.2. The molecule has 2 rings (SSSR count). The molecule has 0 fully saturated rings. The predicted octanol–water partition coefficient (Wildman–Crippen LogP) is 4.15. The van der Waals surface area contributed by atoms with Gasteiger partial charge >= 0.3 is 0 Å². The molecule has 0 bridgehead atoms. The van der Waals surface area contributed by atoms with Crippen molar-refractivity contribution in [2.75, 3.05) is 6.61 Å². The van der Waals surface area contributed by atoms with Gasteiger partial charge in [-0.1, -0.05) is 79.4 Å². The summed E-state index contributed by atoms with van der Waals surface area (Å²) in [6, 6.07) is 20.0. The van der Waals surface area contributed by atoms with Gasteiger partial charge in [0, 0.05) is 6.42 Å². The summed E-state index contributed by atoms with van der Waals surface area (Å²) in [4.78, 5) is 10.1. The number of carbonyl (C=O) groups is 1. The molecule has 0 spiro atoms. The molecule has 0 aliphatic carbocycles. The molecular formula is C21H24O2. The zero-order chi connectivity index (χ0) is 16.9. The first-order valence-electron chi connectivity index (χ1n) is 7.61. The Labute approximate surface area is 138 Å². The van der Waals surface area contributed by atoms with E-state index >= 15 is 0 Å². The highest BCUT2D eigenvalue weighted by Crippen LogP contribution is 2.07. The van der Waals surface area contributed by atoms with Crippen LogP contribution >= 0.6 is 0 Å². The molecule has 0 saturated heterocycles. The summed E-state index contributed by atoms with van der Waals surface area (Å²) in [7, 11) is 0. The fourth-order valence-electron chi connectivity index (χ4n) is 2.01. The standard InChI is InChI=1S/C11H12O.C10H12O/c1-10(7-8-12)9-11-5-3-2-4-6-11;1-9(8-11)7-10-5-3-2-4-6-10/h2-6,8H,1,7,9H2;2-6,11H,1,7-8H2. The summed E-state index contributed by atoms with van der Waals surface area (Å²) < 4.78 is 0. The lowest BCUT2D eigenvalue weighted by molar-refractivity contribution is -0.107. The van der Waals surface area contributed by atoms with Crippen molar-refractivity contribution in [3.05, 3.63) is 96.1 Å². The van der Waals surface area contributed by atoms with Crippen molar-refractivity contribution in [2.24, 2.45) is 0 Å². The maximum absolute atomic E-state index is 10.1. The lowest BCUT2D eigenvalue weighted by atomic mass is 10.1. The number of hydrogen-bond donors (Lipinski definition) is 1. The van der Waals surface area contributed by atoms with E-state index in [1.807, 2.05) is 60.7 Å². The number of carbonyl (C=O) groups excluding carboxylic acids is 1. The van der Waals surface area contributed by atoms with Crippen molar-refractivity contribution in [1.29, 1.82) is 0 Å². The quantitative estimate of drug-likeness (QED) is 0.616. The van der Waals surface area contributed by atoms with E-state index in [4.69, 9.17) is 5.11 Å². The van der Waals surface area contributed by atoms with Gasteiger partial charge < -0.3 is 9.90 Å². The van der Waals surface area contributed by atoms with Crippen molar-refractivity contribution in [3.8, 4) is 0 Å². The predicted molar refractivity (Wildman–Crippen MR) is 96.3 cm³/mol. The van der Waals surface area contributed by atoms with Crippen LogP contribution in [0.3, 0.4) is 0 Å². The van der Waals surface area contributed by atoms with E-state index in [2.05, 4.69) is 13.2 Å². The van der Waals surface area contributed by atoms with Gasteiger partial charge in [0.2, 0.25) is 0 Å². The van der Waals surface area contributed by atoms with Gasteiger partial charge in [0.05, 0.1) is 6.61 Å². The minimum absolute atomic E-state index is 0.0783. The van der Waals surface area contributed by atoms with E-state index < -0.39 is 0 Å². The van der Waals surface area contributed by atoms with Crippen LogP contribution in [0.2, 0.25) is 0 Å². The van der Waals surface area contributed by atoms with Gasteiger partial charge in [-0.05, 0) is 29.5 Å². The molecule has 1 N–H and O–H groups in total. The minimum atomic E-state index is 0.0783. The first-order valence-corrected chi connectivity index (χ1v) is 7.61. The molecule has 0 aromatic heterocycles. The third-order valence-electron chi connectivity index (χ3n) is 3.19. The molecule has 2 aromatic carbocycles. The van der Waals surface area contributed by atoms with Gasteiger partial charge in [0.15, 0.2) is 0 Å². The van der Waals surface area contributed by atoms with Crippen LogP contribution in [0.4, 0.5) is 0 Å². The van der Waals surface area contributed by atoms with Crippen LogP contribution < -0.4 is 0 Å². The Morgan fingerprint density at radius 3 is 1.65 bits per heavy atom. The molecular weight excluding hydrogens is 284 g/mol. The summed E-state index contributed by atoms with van der Waals surface area (Å²) in [5, 5.41) is 8.70. The summed E-state index contributed by atoms with van der Waals surface area (Å²) in [6.45, 7) is 7.61. The van der Waals surface area contributed by atoms with Gasteiger partial charge in [-0.25, -0.2) is 0 Å². The first kappa shape index (κ1) is 18.6. The van der Waals surface area contributed by atoms with Crippen molar-refractivity contribution in [1.82, 2.24) is 0 Å². The summed E-state index contributed by atoms with van der Waals surface area (Å²) in [6.07, 6.45) is 2.94. The lowest BCUT2D eigenvalue weighted by Crippen LogP contribution is -1.92. The first-order chi connectivity index (χ1) is 11.2. The molecule has 0 saturated carbocycles. The Bertz CT molecular complexity index is 600. The minimum Gasteiger partial charge on any atom is -0.392 e. The largest absolute Gasteiger partial charge is 0.392 e. The maximum atomic E-state index is 10.1. The van der Waals surface area contributed by atoms with Crippen molar-refractivity contribution in [2.45, 2.75) is 19.3 Å². The highest BCUT2D eigenvalue weighted by Gasteiger charge is 1.95. The summed E-state index contributed by atoms with van der Waals surface area (Å²) in [5.41, 5.74) is 4.24. The van der Waals surface area contributed by atoms with Crippen LogP contribution in [0.5, 0.6) is 0 Å². The molecule has 120 valence electrons. The van der Waals surface area contributed by atoms with Crippen LogP contribution in [0, 0.1) is 0 Å². The fraction of sp³-hybridized carbons (Fsp3) is 0.190. The molecule has 2 nitrogen and oxygen atoms in total. The van der Waals surface area contributed by atoms with Gasteiger partial charge in [-0.3, -0.25) is 0 Å². The molecule has 0 amide bonds. The average molecular weight is 308 g/mol. The summed E-state index contributed by atoms with van der Waals surface area (Å²) in [5.74, 6) is 0. The molecule has 23 heavy (non-hydrogen) atoms. The Kier molecular flexibility index (Phi) is 9.03. The Hall–Kier alpha value is -2.45. The van der Waals surface area contributed by atoms with Crippen LogP contribution in [0.1, 0.15) is 17.5 Å². The second-order valence-corrected chi connectivity index (χ2v) is 5.35. The van der Waals surface area contributed by atoms with E-state index in [-0.39, 0.29) is 6.61 Å². The number of rotatable bonds is 7. The zero-order valence-electron chi connectivity index (χ0n) is 13.4. The second-order valence-electron chi connectivity index (χ2n) is 5.35. The maximum Gasteiger partial charge on any atom is 0.124 e. The number of hydrogen-bond acceptors (Lipinski definition) is 2. The molecule has 2 aromatic rings. The van der Waals surface area contributed by atoms with E-state index in [1.54, 1.807) is 0 Å². The smallest absolute Gasteiger partial charge is 0.124 e. The van der Waals surface area contributed by atoms with Crippen LogP contribution in [0.15, 0.2) is 85.0 Å². The molecule has 0 atom stereocenters. The monoisotopic (exact) mass is 308 g/mol. The normalized spacial score (nSPS) is 9.43. The molecule has 0 aliphatic heterocycles. The van der Waals surface area contributed by atoms with Crippen LogP contribution in [0.25, 0.3) is 0 Å². The number of benzene rings is 2. The van der Waals surface area contributed by atoms with Crippen molar-refractivity contribution in [3.63, 3.8) is 0 Å². The van der Waals surface area contributed by atoms with Crippen molar-refractivity contribution >= 4 is 6.29 Å². The molecule has 0 aliphatic rings. The molecule has 0 radical (unpaired) electrons. The number of aldehydes is 1. The van der Waals surface area contributed by atoms with Crippen molar-refractivity contribution < 1.29 is 9.90 Å². The Balaban J connectivity index is 0.000000231. The third-order valence-corrected chi connectivity index (χ3v) is 3.19. The lowest BCUT2D eigenvalue weighted by Gasteiger charge is -2.00. The zero-order valence-corrected chi connectivity index (χ0v) is 13.4. The van der Waals surface area contributed by atoms with Gasteiger partial charge in [-0.2, -0.15) is 0 Å². The highest BCUT2D eigenvalue weighted by atomic mass is 16.3. The fourth-order valence-corrected chi connectivity index (χ4v) is 2.01. The SMILES string of the molecule is C=C(CC=O)Cc1ccccc1.C=C(CO)Cc1ccccc1. The van der Waals surface area contributed by atoms with Gasteiger partial charge in [0.25, 0.3) is 0 Å². The number of aliphatic hydroxyl groups excluding tert-OH is 1. The molecule has 0 heterocycles. The van der Waals surface area contributed by atoms with Gasteiger partial charge in [0.1, 0.15) is 6.29 Å². The Morgan fingerprint density at radius 1 is 0.826 bits per heavy atom. The number of aliphatic hydroxyl groups is 1. The number of allylic oxidation sites excluding steroid dienone is 1. The third kappa shape index (κ3) is 8.54. The highest BCUT2D eigenvalue weighted by molar-refractivity contribution is 5.54. The summed E-state index contributed by atoms with van der Waals surface area (Å²) >= 11 is 0. The van der Waals surface area contributed by atoms with Crippen LogP contribution in [-0.4, -0.2) is 18.0 Å². The Morgan fingerprint density at radius 2 is 1.26 bits per heavy atom. The van der Waals surface area contributed by atoms with Crippen LogP contribution in [-0.2, 0) is 17.6 Å². The van der Waals surface area contributed by atoms with E-state index in [1.165, 1.54) is 11.1 Å². The molecule has 0 unspecified atom stereocenters. The average Bonchev–Trinajstić information content (AvgIpc) is 2.57. The van der Waals surface area contributed by atoms with Gasteiger partial charge in [-0.15, -0.1) is 0 Å². The molecule has 2 heteroatoms. The van der Waals surface area contributed by atoms with E-state index in [9.17, 15) is 4.79 Å². The van der Waals surface area contributed by atoms with E-state index in [0.717, 1.165) is 30.3 Å². The topological polar surface area (TPSA) is 37.3 Å². The van der Waals surface area contributed by atoms with E-state index in [0.29, 0.717) is 6.42 Å².